The molecule has 3 N–H and O–H groups in total. The van der Waals surface area contributed by atoms with Gasteiger partial charge in [-0.15, -0.1) is 23.5 Å². The summed E-state index contributed by atoms with van der Waals surface area (Å²) in [6, 6.07) is -0.879. The Morgan fingerprint density at radius 1 is 1.60 bits per heavy atom. The van der Waals surface area contributed by atoms with Crippen LogP contribution in [0, 0.1) is 0 Å². The average molecular weight is 250 g/mol. The fraction of sp³-hybridized carbons (Fsp3) is 0.750. The molecule has 1 atom stereocenters. The molecular formula is C8H14N2O3S2. The van der Waals surface area contributed by atoms with Crippen molar-refractivity contribution in [1.29, 1.82) is 0 Å². The Labute approximate surface area is 96.8 Å². The van der Waals surface area contributed by atoms with E-state index in [1.165, 1.54) is 11.8 Å². The second kappa shape index (κ2) is 6.24. The van der Waals surface area contributed by atoms with Crippen LogP contribution in [0.3, 0.4) is 0 Å². The van der Waals surface area contributed by atoms with Crippen LogP contribution < -0.4 is 5.73 Å². The van der Waals surface area contributed by atoms with Crippen LogP contribution in [0.2, 0.25) is 0 Å². The number of carbonyl (C=O) groups is 2. The van der Waals surface area contributed by atoms with Gasteiger partial charge >= 0.3 is 5.97 Å². The van der Waals surface area contributed by atoms with Crippen LogP contribution in [-0.2, 0) is 9.59 Å². The number of aliphatic carboxylic acids is 1. The van der Waals surface area contributed by atoms with Crippen LogP contribution in [0.15, 0.2) is 0 Å². The van der Waals surface area contributed by atoms with Crippen molar-refractivity contribution in [3.63, 3.8) is 0 Å². The highest BCUT2D eigenvalue weighted by Crippen LogP contribution is 2.15. The summed E-state index contributed by atoms with van der Waals surface area (Å²) in [4.78, 5) is 23.7. The number of carboxylic acids is 1. The van der Waals surface area contributed by atoms with E-state index < -0.39 is 12.0 Å². The topological polar surface area (TPSA) is 83.6 Å². The largest absolute Gasteiger partial charge is 0.480 e. The van der Waals surface area contributed by atoms with Crippen LogP contribution in [0.4, 0.5) is 0 Å². The summed E-state index contributed by atoms with van der Waals surface area (Å²) in [7, 11) is 0. The molecule has 1 aliphatic rings. The van der Waals surface area contributed by atoms with E-state index in [1.807, 2.05) is 0 Å². The molecular weight excluding hydrogens is 236 g/mol. The second-order valence-corrected chi connectivity index (χ2v) is 5.26. The Morgan fingerprint density at radius 3 is 2.87 bits per heavy atom. The number of hydrogen-bond acceptors (Lipinski definition) is 5. The van der Waals surface area contributed by atoms with Gasteiger partial charge in [-0.05, 0) is 0 Å². The van der Waals surface area contributed by atoms with Gasteiger partial charge in [0.05, 0.1) is 11.6 Å². The zero-order chi connectivity index (χ0) is 11.3. The van der Waals surface area contributed by atoms with Gasteiger partial charge < -0.3 is 15.7 Å². The lowest BCUT2D eigenvalue weighted by Crippen LogP contribution is -2.34. The van der Waals surface area contributed by atoms with E-state index in [4.69, 9.17) is 10.8 Å². The molecule has 86 valence electrons. The lowest BCUT2D eigenvalue weighted by molar-refractivity contribution is -0.138. The summed E-state index contributed by atoms with van der Waals surface area (Å²) >= 11 is 3.01. The SMILES string of the molecule is NC(CSCC(=O)N1CCSC1)C(=O)O. The highest BCUT2D eigenvalue weighted by atomic mass is 32.2. The molecule has 0 aromatic rings. The summed E-state index contributed by atoms with van der Waals surface area (Å²) in [6.07, 6.45) is 0. The van der Waals surface area contributed by atoms with Crippen LogP contribution in [-0.4, -0.2) is 57.6 Å². The lowest BCUT2D eigenvalue weighted by Gasteiger charge is -2.14. The smallest absolute Gasteiger partial charge is 0.321 e. The van der Waals surface area contributed by atoms with E-state index in [1.54, 1.807) is 16.7 Å². The third-order valence-corrected chi connectivity index (χ3v) is 3.96. The molecule has 1 amide bonds. The van der Waals surface area contributed by atoms with Crippen molar-refractivity contribution in [3.8, 4) is 0 Å². The summed E-state index contributed by atoms with van der Waals surface area (Å²) in [5.41, 5.74) is 5.31. The Bertz CT molecular complexity index is 244. The predicted molar refractivity (Wildman–Crippen MR) is 62.0 cm³/mol. The van der Waals surface area contributed by atoms with Crippen LogP contribution in [0.5, 0.6) is 0 Å². The average Bonchev–Trinajstić information content (AvgIpc) is 2.70. The summed E-state index contributed by atoms with van der Waals surface area (Å²) in [5, 5.41) is 8.52. The lowest BCUT2D eigenvalue weighted by atomic mass is 10.4. The number of amides is 1. The minimum absolute atomic E-state index is 0.0718. The van der Waals surface area contributed by atoms with E-state index in [9.17, 15) is 9.59 Å². The standard InChI is InChI=1S/C8H14N2O3S2/c9-6(8(12)13)3-15-4-7(11)10-1-2-14-5-10/h6H,1-5,9H2,(H,12,13). The summed E-state index contributed by atoms with van der Waals surface area (Å²) in [5.74, 6) is 1.40. The molecule has 0 saturated carbocycles. The van der Waals surface area contributed by atoms with Gasteiger partial charge in [-0.25, -0.2) is 0 Å². The molecule has 5 nitrogen and oxygen atoms in total. The van der Waals surface area contributed by atoms with Gasteiger partial charge in [0.25, 0.3) is 0 Å². The minimum Gasteiger partial charge on any atom is -0.480 e. The second-order valence-electron chi connectivity index (χ2n) is 3.15. The van der Waals surface area contributed by atoms with E-state index in [0.29, 0.717) is 5.75 Å². The highest BCUT2D eigenvalue weighted by Gasteiger charge is 2.19. The number of rotatable bonds is 5. The Kier molecular flexibility index (Phi) is 5.27. The van der Waals surface area contributed by atoms with Gasteiger partial charge in [-0.2, -0.15) is 0 Å². The van der Waals surface area contributed by atoms with Gasteiger partial charge in [-0.3, -0.25) is 9.59 Å². The molecule has 0 bridgehead atoms. The first-order valence-corrected chi connectivity index (χ1v) is 6.84. The third-order valence-electron chi connectivity index (χ3n) is 1.95. The van der Waals surface area contributed by atoms with Crippen molar-refractivity contribution < 1.29 is 14.7 Å². The van der Waals surface area contributed by atoms with Crippen LogP contribution in [0.1, 0.15) is 0 Å². The molecule has 0 spiro atoms. The van der Waals surface area contributed by atoms with E-state index in [2.05, 4.69) is 0 Å². The van der Waals surface area contributed by atoms with Gasteiger partial charge in [0.1, 0.15) is 6.04 Å². The first-order chi connectivity index (χ1) is 7.11. The van der Waals surface area contributed by atoms with Gasteiger partial charge in [0.2, 0.25) is 5.91 Å². The zero-order valence-electron chi connectivity index (χ0n) is 8.22. The molecule has 15 heavy (non-hydrogen) atoms. The van der Waals surface area contributed by atoms with Gasteiger partial charge in [0.15, 0.2) is 0 Å². The molecule has 0 aliphatic carbocycles. The van der Waals surface area contributed by atoms with Gasteiger partial charge in [-0.1, -0.05) is 0 Å². The molecule has 7 heteroatoms. The van der Waals surface area contributed by atoms with Crippen molar-refractivity contribution in [2.24, 2.45) is 5.73 Å². The molecule has 1 heterocycles. The molecule has 1 saturated heterocycles. The number of carbonyl (C=O) groups excluding carboxylic acids is 1. The molecule has 0 aromatic carbocycles. The first kappa shape index (κ1) is 12.7. The molecule has 1 aliphatic heterocycles. The highest BCUT2D eigenvalue weighted by molar-refractivity contribution is 8.00. The molecule has 0 radical (unpaired) electrons. The molecule has 1 unspecified atom stereocenters. The number of hydrogen-bond donors (Lipinski definition) is 2. The summed E-state index contributed by atoms with van der Waals surface area (Å²) < 4.78 is 0. The number of thioether (sulfide) groups is 2. The minimum atomic E-state index is -1.02. The Balaban J connectivity index is 2.14. The maximum absolute atomic E-state index is 11.5. The molecule has 0 aromatic heterocycles. The Morgan fingerprint density at radius 2 is 2.33 bits per heavy atom. The monoisotopic (exact) mass is 250 g/mol. The predicted octanol–water partition coefficient (Wildman–Crippen LogP) is -0.336. The van der Waals surface area contributed by atoms with Crippen LogP contribution in [0.25, 0.3) is 0 Å². The van der Waals surface area contributed by atoms with E-state index in [-0.39, 0.29) is 11.7 Å². The maximum Gasteiger partial charge on any atom is 0.321 e. The van der Waals surface area contributed by atoms with Gasteiger partial charge in [0, 0.05) is 18.1 Å². The van der Waals surface area contributed by atoms with Crippen molar-refractivity contribution >= 4 is 35.4 Å². The number of carboxylic acid groups (broad SMARTS) is 1. The zero-order valence-corrected chi connectivity index (χ0v) is 9.85. The van der Waals surface area contributed by atoms with E-state index in [0.717, 1.165) is 18.2 Å². The molecule has 1 fully saturated rings. The van der Waals surface area contributed by atoms with E-state index >= 15 is 0 Å². The fourth-order valence-corrected chi connectivity index (χ4v) is 2.89. The first-order valence-electron chi connectivity index (χ1n) is 4.53. The van der Waals surface area contributed by atoms with Crippen molar-refractivity contribution in [2.45, 2.75) is 6.04 Å². The Hall–Kier alpha value is -0.400. The molecule has 1 rings (SSSR count). The quantitative estimate of drug-likeness (QED) is 0.695. The number of nitrogens with two attached hydrogens (primary N) is 1. The number of nitrogens with zero attached hydrogens (tertiary/aromatic N) is 1. The third kappa shape index (κ3) is 4.31. The summed E-state index contributed by atoms with van der Waals surface area (Å²) in [6.45, 7) is 0.801. The fourth-order valence-electron chi connectivity index (χ4n) is 1.05. The van der Waals surface area contributed by atoms with Crippen molar-refractivity contribution in [2.75, 3.05) is 29.7 Å². The van der Waals surface area contributed by atoms with Crippen LogP contribution >= 0.6 is 23.5 Å². The van der Waals surface area contributed by atoms with Crippen molar-refractivity contribution in [1.82, 2.24) is 4.90 Å². The maximum atomic E-state index is 11.5. The van der Waals surface area contributed by atoms with Crippen molar-refractivity contribution in [3.05, 3.63) is 0 Å². The normalized spacial score (nSPS) is 17.8.